The van der Waals surface area contributed by atoms with Crippen LogP contribution >= 0.6 is 22.6 Å². The second kappa shape index (κ2) is 3.36. The van der Waals surface area contributed by atoms with E-state index in [-0.39, 0.29) is 0 Å². The molecule has 0 saturated heterocycles. The summed E-state index contributed by atoms with van der Waals surface area (Å²) in [7, 11) is 0. The van der Waals surface area contributed by atoms with Gasteiger partial charge in [0, 0.05) is 3.57 Å². The van der Waals surface area contributed by atoms with E-state index >= 15 is 0 Å². The van der Waals surface area contributed by atoms with Crippen molar-refractivity contribution in [1.82, 2.24) is 0 Å². The molecule has 1 aliphatic heterocycles. The molecule has 3 heteroatoms. The molecule has 1 aliphatic rings. The van der Waals surface area contributed by atoms with Gasteiger partial charge in [-0.2, -0.15) is 0 Å². The van der Waals surface area contributed by atoms with Gasteiger partial charge in [-0.05, 0) is 46.2 Å². The summed E-state index contributed by atoms with van der Waals surface area (Å²) in [5, 5.41) is 0. The van der Waals surface area contributed by atoms with Gasteiger partial charge < -0.3 is 9.47 Å². The van der Waals surface area contributed by atoms with Crippen molar-refractivity contribution in [2.45, 2.75) is 19.8 Å². The van der Waals surface area contributed by atoms with Gasteiger partial charge in [0.2, 0.25) is 6.79 Å². The van der Waals surface area contributed by atoms with Crippen molar-refractivity contribution in [3.05, 3.63) is 21.3 Å². The Morgan fingerprint density at radius 2 is 1.85 bits per heavy atom. The second-order valence-electron chi connectivity index (χ2n) is 3.38. The highest BCUT2D eigenvalue weighted by Crippen LogP contribution is 2.37. The van der Waals surface area contributed by atoms with Gasteiger partial charge in [0.25, 0.3) is 0 Å². The molecular formula is C10H11IO2. The Morgan fingerprint density at radius 1 is 1.23 bits per heavy atom. The first-order valence-corrected chi connectivity index (χ1v) is 5.35. The van der Waals surface area contributed by atoms with Crippen LogP contribution in [0.1, 0.15) is 25.3 Å². The molecule has 2 nitrogen and oxygen atoms in total. The molecule has 0 aliphatic carbocycles. The van der Waals surface area contributed by atoms with E-state index in [2.05, 4.69) is 42.5 Å². The summed E-state index contributed by atoms with van der Waals surface area (Å²) < 4.78 is 11.9. The van der Waals surface area contributed by atoms with Crippen LogP contribution in [0.2, 0.25) is 0 Å². The quantitative estimate of drug-likeness (QED) is 0.740. The molecule has 2 rings (SSSR count). The summed E-state index contributed by atoms with van der Waals surface area (Å²) in [4.78, 5) is 0. The first-order chi connectivity index (χ1) is 6.18. The van der Waals surface area contributed by atoms with Crippen LogP contribution in [0, 0.1) is 3.57 Å². The first-order valence-electron chi connectivity index (χ1n) is 4.27. The molecule has 0 aromatic heterocycles. The Labute approximate surface area is 91.4 Å². The SMILES string of the molecule is CC(C)c1cc2c(cc1I)OCO2. The predicted octanol–water partition coefficient (Wildman–Crippen LogP) is 3.14. The summed E-state index contributed by atoms with van der Waals surface area (Å²) in [5.41, 5.74) is 1.32. The third kappa shape index (κ3) is 1.61. The lowest BCUT2D eigenvalue weighted by molar-refractivity contribution is 0.174. The van der Waals surface area contributed by atoms with Gasteiger partial charge >= 0.3 is 0 Å². The minimum atomic E-state index is 0.354. The molecule has 1 aromatic carbocycles. The van der Waals surface area contributed by atoms with Gasteiger partial charge in [-0.25, -0.2) is 0 Å². The highest BCUT2D eigenvalue weighted by Gasteiger charge is 2.17. The van der Waals surface area contributed by atoms with E-state index in [9.17, 15) is 0 Å². The van der Waals surface area contributed by atoms with Crippen LogP contribution in [0.5, 0.6) is 11.5 Å². The van der Waals surface area contributed by atoms with E-state index in [0.29, 0.717) is 12.7 Å². The molecule has 0 N–H and O–H groups in total. The van der Waals surface area contributed by atoms with Crippen LogP contribution in [-0.2, 0) is 0 Å². The number of hydrogen-bond donors (Lipinski definition) is 0. The summed E-state index contributed by atoms with van der Waals surface area (Å²) in [6, 6.07) is 4.12. The lowest BCUT2D eigenvalue weighted by atomic mass is 10.0. The Kier molecular flexibility index (Phi) is 2.36. The minimum Gasteiger partial charge on any atom is -0.454 e. The molecule has 1 heterocycles. The Hall–Kier alpha value is -0.450. The number of halogens is 1. The molecule has 0 atom stereocenters. The first kappa shape index (κ1) is 9.12. The van der Waals surface area contributed by atoms with Crippen LogP contribution in [0.15, 0.2) is 12.1 Å². The number of rotatable bonds is 1. The number of benzene rings is 1. The molecular weight excluding hydrogens is 279 g/mol. The number of hydrogen-bond acceptors (Lipinski definition) is 2. The maximum absolute atomic E-state index is 5.32. The second-order valence-corrected chi connectivity index (χ2v) is 4.54. The Morgan fingerprint density at radius 3 is 2.46 bits per heavy atom. The molecule has 13 heavy (non-hydrogen) atoms. The van der Waals surface area contributed by atoms with Crippen molar-refractivity contribution in [2.24, 2.45) is 0 Å². The fraction of sp³-hybridized carbons (Fsp3) is 0.400. The molecule has 0 spiro atoms. The van der Waals surface area contributed by atoms with Crippen LogP contribution in [-0.4, -0.2) is 6.79 Å². The summed E-state index contributed by atoms with van der Waals surface area (Å²) in [5.74, 6) is 2.28. The molecule has 70 valence electrons. The molecule has 0 fully saturated rings. The fourth-order valence-corrected chi connectivity index (χ4v) is 2.44. The third-order valence-electron chi connectivity index (χ3n) is 2.11. The Balaban J connectivity index is 2.49. The molecule has 0 amide bonds. The molecule has 0 unspecified atom stereocenters. The van der Waals surface area contributed by atoms with E-state index in [1.807, 2.05) is 6.07 Å². The van der Waals surface area contributed by atoms with Crippen molar-refractivity contribution in [2.75, 3.05) is 6.79 Å². The number of ether oxygens (including phenoxy) is 2. The monoisotopic (exact) mass is 290 g/mol. The highest BCUT2D eigenvalue weighted by atomic mass is 127. The van der Waals surface area contributed by atoms with Crippen LogP contribution in [0.4, 0.5) is 0 Å². The molecule has 0 radical (unpaired) electrons. The van der Waals surface area contributed by atoms with Gasteiger partial charge in [-0.15, -0.1) is 0 Å². The fourth-order valence-electron chi connectivity index (χ4n) is 1.38. The normalized spacial score (nSPS) is 13.8. The minimum absolute atomic E-state index is 0.354. The standard InChI is InChI=1S/C10H11IO2/c1-6(2)7-3-9-10(4-8(7)11)13-5-12-9/h3-4,6H,5H2,1-2H3. The average molecular weight is 290 g/mol. The zero-order chi connectivity index (χ0) is 9.42. The van der Waals surface area contributed by atoms with Crippen molar-refractivity contribution in [3.63, 3.8) is 0 Å². The summed E-state index contributed by atoms with van der Waals surface area (Å²) in [6.45, 7) is 4.71. The topological polar surface area (TPSA) is 18.5 Å². The van der Waals surface area contributed by atoms with Gasteiger partial charge in [-0.1, -0.05) is 13.8 Å². The largest absolute Gasteiger partial charge is 0.454 e. The lowest BCUT2D eigenvalue weighted by Gasteiger charge is -2.09. The zero-order valence-electron chi connectivity index (χ0n) is 7.63. The van der Waals surface area contributed by atoms with E-state index in [0.717, 1.165) is 11.5 Å². The van der Waals surface area contributed by atoms with Crippen LogP contribution < -0.4 is 9.47 Å². The summed E-state index contributed by atoms with van der Waals surface area (Å²) >= 11 is 2.33. The summed E-state index contributed by atoms with van der Waals surface area (Å²) in [6.07, 6.45) is 0. The molecule has 1 aromatic rings. The average Bonchev–Trinajstić information content (AvgIpc) is 2.48. The maximum Gasteiger partial charge on any atom is 0.231 e. The van der Waals surface area contributed by atoms with Crippen LogP contribution in [0.3, 0.4) is 0 Å². The van der Waals surface area contributed by atoms with Gasteiger partial charge in [0.1, 0.15) is 0 Å². The maximum atomic E-state index is 5.32. The third-order valence-corrected chi connectivity index (χ3v) is 3.05. The smallest absolute Gasteiger partial charge is 0.231 e. The van der Waals surface area contributed by atoms with Crippen molar-refractivity contribution in [1.29, 1.82) is 0 Å². The van der Waals surface area contributed by atoms with Crippen LogP contribution in [0.25, 0.3) is 0 Å². The molecule has 0 saturated carbocycles. The van der Waals surface area contributed by atoms with Crippen molar-refractivity contribution >= 4 is 22.6 Å². The van der Waals surface area contributed by atoms with Crippen molar-refractivity contribution < 1.29 is 9.47 Å². The predicted molar refractivity (Wildman–Crippen MR) is 59.4 cm³/mol. The number of fused-ring (bicyclic) bond motifs is 1. The highest BCUT2D eigenvalue weighted by molar-refractivity contribution is 14.1. The van der Waals surface area contributed by atoms with E-state index in [4.69, 9.17) is 9.47 Å². The van der Waals surface area contributed by atoms with E-state index < -0.39 is 0 Å². The van der Waals surface area contributed by atoms with E-state index in [1.165, 1.54) is 9.13 Å². The van der Waals surface area contributed by atoms with Gasteiger partial charge in [0.15, 0.2) is 11.5 Å². The van der Waals surface area contributed by atoms with Gasteiger partial charge in [0.05, 0.1) is 0 Å². The molecule has 0 bridgehead atoms. The zero-order valence-corrected chi connectivity index (χ0v) is 9.79. The van der Waals surface area contributed by atoms with E-state index in [1.54, 1.807) is 0 Å². The van der Waals surface area contributed by atoms with Crippen molar-refractivity contribution in [3.8, 4) is 11.5 Å². The van der Waals surface area contributed by atoms with Gasteiger partial charge in [-0.3, -0.25) is 0 Å². The Bertz CT molecular complexity index is 334. The lowest BCUT2D eigenvalue weighted by Crippen LogP contribution is -1.93.